The van der Waals surface area contributed by atoms with Gasteiger partial charge in [-0.1, -0.05) is 12.2 Å². The molecule has 1 aromatic heterocycles. The maximum Gasteiger partial charge on any atom is 0.337 e. The number of carboxylic acids is 1. The van der Waals surface area contributed by atoms with Gasteiger partial charge in [0, 0.05) is 12.7 Å². The molecule has 2 N–H and O–H groups in total. The smallest absolute Gasteiger partial charge is 0.337 e. The minimum Gasteiger partial charge on any atom is -0.478 e. The number of aromatic carboxylic acids is 1. The second-order valence-electron chi connectivity index (χ2n) is 4.10. The molecule has 7 nitrogen and oxygen atoms in total. The molecule has 0 aliphatic heterocycles. The maximum absolute atomic E-state index is 11.8. The fourth-order valence-corrected chi connectivity index (χ4v) is 2.17. The number of pyridine rings is 1. The Bertz CT molecular complexity index is 580. The third-order valence-electron chi connectivity index (χ3n) is 2.15. The summed E-state index contributed by atoms with van der Waals surface area (Å²) in [5, 5.41) is 8.46. The number of hydrogen-bond acceptors (Lipinski definition) is 5. The predicted octanol–water partition coefficient (Wildman–Crippen LogP) is 0.651. The summed E-state index contributed by atoms with van der Waals surface area (Å²) in [6.07, 6.45) is 0.995. The van der Waals surface area contributed by atoms with Gasteiger partial charge in [-0.05, 0) is 19.1 Å². The van der Waals surface area contributed by atoms with Crippen molar-refractivity contribution in [3.05, 3.63) is 36.0 Å². The van der Waals surface area contributed by atoms with Crippen LogP contribution in [0.1, 0.15) is 17.3 Å². The molecule has 0 bridgehead atoms. The molecule has 1 aromatic rings. The van der Waals surface area contributed by atoms with Gasteiger partial charge < -0.3 is 9.84 Å². The Morgan fingerprint density at radius 2 is 2.20 bits per heavy atom. The summed E-state index contributed by atoms with van der Waals surface area (Å²) in [5.74, 6) is -1.16. The van der Waals surface area contributed by atoms with Crippen LogP contribution in [-0.4, -0.2) is 44.2 Å². The standard InChI is InChI=1S/C12H16N2O5S/c1-9(2)8-19-6-5-14-20(17,18)11-4-3-10(7-13-11)12(15)16/h3-4,7,14H,1,5-6,8H2,2H3,(H,15,16). The lowest BCUT2D eigenvalue weighted by Crippen LogP contribution is -2.28. The lowest BCUT2D eigenvalue weighted by atomic mass is 10.3. The molecule has 0 unspecified atom stereocenters. The monoisotopic (exact) mass is 300 g/mol. The highest BCUT2D eigenvalue weighted by atomic mass is 32.2. The topological polar surface area (TPSA) is 106 Å². The van der Waals surface area contributed by atoms with Crippen LogP contribution < -0.4 is 4.72 Å². The number of nitrogens with zero attached hydrogens (tertiary/aromatic N) is 1. The van der Waals surface area contributed by atoms with E-state index in [0.29, 0.717) is 6.61 Å². The molecule has 1 heterocycles. The Hall–Kier alpha value is -1.77. The zero-order valence-corrected chi connectivity index (χ0v) is 11.8. The van der Waals surface area contributed by atoms with Gasteiger partial charge in [0.25, 0.3) is 10.0 Å². The van der Waals surface area contributed by atoms with Gasteiger partial charge in [-0.25, -0.2) is 22.9 Å². The van der Waals surface area contributed by atoms with Crippen molar-refractivity contribution in [3.8, 4) is 0 Å². The van der Waals surface area contributed by atoms with E-state index in [4.69, 9.17) is 9.84 Å². The minimum atomic E-state index is -3.76. The van der Waals surface area contributed by atoms with Crippen LogP contribution in [-0.2, 0) is 14.8 Å². The van der Waals surface area contributed by atoms with E-state index in [2.05, 4.69) is 16.3 Å². The van der Waals surface area contributed by atoms with Crippen molar-refractivity contribution in [1.29, 1.82) is 0 Å². The third-order valence-corrected chi connectivity index (χ3v) is 3.52. The molecule has 110 valence electrons. The van der Waals surface area contributed by atoms with Gasteiger partial charge in [-0.15, -0.1) is 0 Å². The second-order valence-corrected chi connectivity index (χ2v) is 5.81. The third kappa shape index (κ3) is 5.08. The van der Waals surface area contributed by atoms with Crippen LogP contribution in [0, 0.1) is 0 Å². The predicted molar refractivity (Wildman–Crippen MR) is 72.0 cm³/mol. The van der Waals surface area contributed by atoms with Crippen molar-refractivity contribution < 1.29 is 23.1 Å². The second kappa shape index (κ2) is 7.13. The van der Waals surface area contributed by atoms with Crippen molar-refractivity contribution >= 4 is 16.0 Å². The molecule has 8 heteroatoms. The SMILES string of the molecule is C=C(C)COCCNS(=O)(=O)c1ccc(C(=O)O)cn1. The van der Waals surface area contributed by atoms with Gasteiger partial charge in [-0.3, -0.25) is 0 Å². The summed E-state index contributed by atoms with van der Waals surface area (Å²) in [7, 11) is -3.76. The van der Waals surface area contributed by atoms with Crippen molar-refractivity contribution in [2.45, 2.75) is 11.9 Å². The van der Waals surface area contributed by atoms with Crippen LogP contribution in [0.4, 0.5) is 0 Å². The first kappa shape index (κ1) is 16.3. The fraction of sp³-hybridized carbons (Fsp3) is 0.333. The molecule has 0 radical (unpaired) electrons. The Morgan fingerprint density at radius 3 is 2.70 bits per heavy atom. The van der Waals surface area contributed by atoms with Gasteiger partial charge in [0.2, 0.25) is 0 Å². The Balaban J connectivity index is 2.56. The van der Waals surface area contributed by atoms with Crippen LogP contribution in [0.25, 0.3) is 0 Å². The number of rotatable bonds is 8. The molecule has 0 spiro atoms. The molecule has 1 rings (SSSR count). The highest BCUT2D eigenvalue weighted by molar-refractivity contribution is 7.89. The molecule has 0 saturated heterocycles. The highest BCUT2D eigenvalue weighted by Gasteiger charge is 2.15. The first-order valence-corrected chi connectivity index (χ1v) is 7.22. The molecule has 0 aliphatic carbocycles. The van der Waals surface area contributed by atoms with E-state index in [0.717, 1.165) is 17.8 Å². The molecule has 0 atom stereocenters. The first-order chi connectivity index (χ1) is 9.33. The number of hydrogen-bond donors (Lipinski definition) is 2. The van der Waals surface area contributed by atoms with E-state index in [1.165, 1.54) is 6.07 Å². The summed E-state index contributed by atoms with van der Waals surface area (Å²) < 4.78 is 31.1. The van der Waals surface area contributed by atoms with E-state index in [9.17, 15) is 13.2 Å². The number of nitrogens with one attached hydrogen (secondary N) is 1. The number of ether oxygens (including phenoxy) is 1. The Morgan fingerprint density at radius 1 is 1.50 bits per heavy atom. The summed E-state index contributed by atoms with van der Waals surface area (Å²) in [5.41, 5.74) is 0.771. The van der Waals surface area contributed by atoms with Crippen LogP contribution in [0.2, 0.25) is 0 Å². The summed E-state index contributed by atoms with van der Waals surface area (Å²) in [6.45, 7) is 6.12. The van der Waals surface area contributed by atoms with E-state index in [1.54, 1.807) is 6.92 Å². The van der Waals surface area contributed by atoms with Gasteiger partial charge in [0.15, 0.2) is 5.03 Å². The van der Waals surface area contributed by atoms with Crippen molar-refractivity contribution in [2.24, 2.45) is 0 Å². The fourth-order valence-electron chi connectivity index (χ4n) is 1.23. The molecule has 0 fully saturated rings. The molecule has 0 amide bonds. The van der Waals surface area contributed by atoms with Crippen LogP contribution >= 0.6 is 0 Å². The van der Waals surface area contributed by atoms with Crippen LogP contribution in [0.3, 0.4) is 0 Å². The molecule has 0 aromatic carbocycles. The lowest BCUT2D eigenvalue weighted by molar-refractivity contribution is 0.0696. The Kier molecular flexibility index (Phi) is 5.81. The maximum atomic E-state index is 11.8. The van der Waals surface area contributed by atoms with Gasteiger partial charge in [0.05, 0.1) is 18.8 Å². The van der Waals surface area contributed by atoms with Gasteiger partial charge in [0.1, 0.15) is 0 Å². The van der Waals surface area contributed by atoms with Gasteiger partial charge >= 0.3 is 5.97 Å². The highest BCUT2D eigenvalue weighted by Crippen LogP contribution is 2.06. The van der Waals surface area contributed by atoms with Gasteiger partial charge in [-0.2, -0.15) is 0 Å². The van der Waals surface area contributed by atoms with Crippen molar-refractivity contribution in [2.75, 3.05) is 19.8 Å². The quantitative estimate of drug-likeness (QED) is 0.539. The van der Waals surface area contributed by atoms with Crippen LogP contribution in [0.15, 0.2) is 35.5 Å². The van der Waals surface area contributed by atoms with E-state index in [-0.39, 0.29) is 23.7 Å². The van der Waals surface area contributed by atoms with Crippen molar-refractivity contribution in [3.63, 3.8) is 0 Å². The number of aromatic nitrogens is 1. The average molecular weight is 300 g/mol. The molecule has 0 saturated carbocycles. The zero-order chi connectivity index (χ0) is 15.2. The number of sulfonamides is 1. The van der Waals surface area contributed by atoms with Crippen LogP contribution in [0.5, 0.6) is 0 Å². The molecule has 0 aliphatic rings. The van der Waals surface area contributed by atoms with Crippen molar-refractivity contribution in [1.82, 2.24) is 9.71 Å². The summed E-state index contributed by atoms with van der Waals surface area (Å²) in [6, 6.07) is 2.32. The molecular formula is C12H16N2O5S. The summed E-state index contributed by atoms with van der Waals surface area (Å²) >= 11 is 0. The lowest BCUT2D eigenvalue weighted by Gasteiger charge is -2.07. The molecule has 20 heavy (non-hydrogen) atoms. The molecular weight excluding hydrogens is 284 g/mol. The normalized spacial score (nSPS) is 11.2. The van der Waals surface area contributed by atoms with E-state index >= 15 is 0 Å². The minimum absolute atomic E-state index is 0.0752. The summed E-state index contributed by atoms with van der Waals surface area (Å²) in [4.78, 5) is 14.2. The zero-order valence-electron chi connectivity index (χ0n) is 11.0. The largest absolute Gasteiger partial charge is 0.478 e. The average Bonchev–Trinajstić information content (AvgIpc) is 2.38. The Labute approximate surface area is 117 Å². The number of carboxylic acid groups (broad SMARTS) is 1. The van der Waals surface area contributed by atoms with E-state index in [1.807, 2.05) is 0 Å². The first-order valence-electron chi connectivity index (χ1n) is 5.74. The van der Waals surface area contributed by atoms with E-state index < -0.39 is 16.0 Å². The number of carbonyl (C=O) groups is 1.